The van der Waals surface area contributed by atoms with Gasteiger partial charge in [0.1, 0.15) is 0 Å². The molecule has 0 fully saturated rings. The number of ether oxygens (including phenoxy) is 1. The van der Waals surface area contributed by atoms with Crippen LogP contribution in [0.1, 0.15) is 149 Å². The number of carbonyl (C=O) groups excluding carboxylic acids is 1. The van der Waals surface area contributed by atoms with Gasteiger partial charge in [-0.05, 0) is 19.3 Å². The summed E-state index contributed by atoms with van der Waals surface area (Å²) in [5.74, 6) is 0.683. The fourth-order valence-corrected chi connectivity index (χ4v) is 4.07. The second-order valence-electron chi connectivity index (χ2n) is 9.61. The Morgan fingerprint density at radius 2 is 1.03 bits per heavy atom. The van der Waals surface area contributed by atoms with Crippen LogP contribution in [-0.4, -0.2) is 12.6 Å². The van der Waals surface area contributed by atoms with E-state index in [0.29, 0.717) is 12.2 Å². The molecule has 0 aromatic heterocycles. The molecule has 0 aromatic carbocycles. The fourth-order valence-electron chi connectivity index (χ4n) is 4.07. The molecule has 0 radical (unpaired) electrons. The molecule has 0 aliphatic rings. The van der Waals surface area contributed by atoms with Crippen LogP contribution < -0.4 is 0 Å². The third kappa shape index (κ3) is 21.9. The molecular formula is C28H54O2. The molecule has 0 spiro atoms. The van der Waals surface area contributed by atoms with Gasteiger partial charge in [-0.3, -0.25) is 0 Å². The Hall–Kier alpha value is -0.790. The van der Waals surface area contributed by atoms with Gasteiger partial charge in [0.25, 0.3) is 0 Å². The SMILES string of the molecule is C=C(C)C(=O)OCCCCCCCCCCCCCC(C)CCCCCCCCC. The van der Waals surface area contributed by atoms with Crippen LogP contribution in [0.4, 0.5) is 0 Å². The molecule has 0 aliphatic carbocycles. The Morgan fingerprint density at radius 1 is 0.667 bits per heavy atom. The first-order chi connectivity index (χ1) is 14.6. The Labute approximate surface area is 189 Å². The van der Waals surface area contributed by atoms with Crippen molar-refractivity contribution >= 4 is 5.97 Å². The molecule has 0 rings (SSSR count). The summed E-state index contributed by atoms with van der Waals surface area (Å²) >= 11 is 0. The second-order valence-corrected chi connectivity index (χ2v) is 9.61. The molecule has 178 valence electrons. The lowest BCUT2D eigenvalue weighted by Gasteiger charge is -2.11. The van der Waals surface area contributed by atoms with Gasteiger partial charge in [0.2, 0.25) is 0 Å². The highest BCUT2D eigenvalue weighted by Crippen LogP contribution is 2.19. The van der Waals surface area contributed by atoms with Crippen molar-refractivity contribution in [3.05, 3.63) is 12.2 Å². The molecule has 1 unspecified atom stereocenters. The molecule has 0 aliphatic heterocycles. The highest BCUT2D eigenvalue weighted by molar-refractivity contribution is 5.86. The van der Waals surface area contributed by atoms with Crippen LogP contribution in [0.15, 0.2) is 12.2 Å². The van der Waals surface area contributed by atoms with Gasteiger partial charge >= 0.3 is 5.97 Å². The second kappa shape index (κ2) is 22.9. The van der Waals surface area contributed by atoms with Crippen molar-refractivity contribution in [2.75, 3.05) is 6.61 Å². The van der Waals surface area contributed by atoms with Crippen LogP contribution >= 0.6 is 0 Å². The summed E-state index contributed by atoms with van der Waals surface area (Å²) in [6.45, 7) is 10.6. The highest BCUT2D eigenvalue weighted by Gasteiger charge is 2.03. The monoisotopic (exact) mass is 422 g/mol. The molecule has 0 amide bonds. The van der Waals surface area contributed by atoms with E-state index in [4.69, 9.17) is 4.74 Å². The maximum absolute atomic E-state index is 11.2. The molecule has 0 N–H and O–H groups in total. The number of carbonyl (C=O) groups is 1. The van der Waals surface area contributed by atoms with E-state index < -0.39 is 0 Å². The molecule has 0 aromatic rings. The molecule has 2 nitrogen and oxygen atoms in total. The van der Waals surface area contributed by atoms with Crippen LogP contribution in [0.25, 0.3) is 0 Å². The standard InChI is InChI=1S/C28H54O2/c1-5-6-7-8-14-17-20-23-27(4)24-21-18-15-12-10-9-11-13-16-19-22-25-30-28(29)26(2)3/h27H,2,5-25H2,1,3-4H3. The van der Waals surface area contributed by atoms with Crippen molar-refractivity contribution < 1.29 is 9.53 Å². The van der Waals surface area contributed by atoms with Crippen molar-refractivity contribution in [3.8, 4) is 0 Å². The van der Waals surface area contributed by atoms with Gasteiger partial charge in [-0.1, -0.05) is 142 Å². The summed E-state index contributed by atoms with van der Waals surface area (Å²) in [7, 11) is 0. The van der Waals surface area contributed by atoms with Gasteiger partial charge in [-0.15, -0.1) is 0 Å². The van der Waals surface area contributed by atoms with E-state index in [2.05, 4.69) is 20.4 Å². The van der Waals surface area contributed by atoms with Crippen LogP contribution in [0.5, 0.6) is 0 Å². The van der Waals surface area contributed by atoms with Crippen molar-refractivity contribution in [2.45, 2.75) is 149 Å². The summed E-state index contributed by atoms with van der Waals surface area (Å²) in [6, 6.07) is 0. The van der Waals surface area contributed by atoms with Crippen LogP contribution in [-0.2, 0) is 9.53 Å². The van der Waals surface area contributed by atoms with Crippen LogP contribution in [0.3, 0.4) is 0 Å². The number of unbranched alkanes of at least 4 members (excludes halogenated alkanes) is 16. The van der Waals surface area contributed by atoms with E-state index in [1.54, 1.807) is 6.92 Å². The van der Waals surface area contributed by atoms with Gasteiger partial charge in [-0.25, -0.2) is 4.79 Å². The Balaban J connectivity index is 3.18. The Bertz CT molecular complexity index is 388. The fraction of sp³-hybridized carbons (Fsp3) is 0.893. The minimum Gasteiger partial charge on any atom is -0.462 e. The summed E-state index contributed by atoms with van der Waals surface area (Å²) in [4.78, 5) is 11.2. The molecule has 1 atom stereocenters. The quantitative estimate of drug-likeness (QED) is 0.0930. The molecular weight excluding hydrogens is 368 g/mol. The summed E-state index contributed by atoms with van der Waals surface area (Å²) in [5, 5.41) is 0. The molecule has 0 saturated carbocycles. The van der Waals surface area contributed by atoms with E-state index in [9.17, 15) is 4.79 Å². The first-order valence-corrected chi connectivity index (χ1v) is 13.4. The smallest absolute Gasteiger partial charge is 0.333 e. The van der Waals surface area contributed by atoms with Crippen molar-refractivity contribution in [1.29, 1.82) is 0 Å². The average Bonchev–Trinajstić information content (AvgIpc) is 2.73. The zero-order valence-corrected chi connectivity index (χ0v) is 21.0. The normalized spacial score (nSPS) is 12.1. The highest BCUT2D eigenvalue weighted by atomic mass is 16.5. The summed E-state index contributed by atoms with van der Waals surface area (Å²) in [5.41, 5.74) is 0.494. The third-order valence-electron chi connectivity index (χ3n) is 6.22. The lowest BCUT2D eigenvalue weighted by Crippen LogP contribution is -2.05. The predicted octanol–water partition coefficient (Wildman–Crippen LogP) is 9.56. The third-order valence-corrected chi connectivity index (χ3v) is 6.22. The predicted molar refractivity (Wildman–Crippen MR) is 133 cm³/mol. The maximum atomic E-state index is 11.2. The van der Waals surface area contributed by atoms with Gasteiger partial charge in [0, 0.05) is 5.57 Å². The Morgan fingerprint density at radius 3 is 1.43 bits per heavy atom. The molecule has 2 heteroatoms. The largest absolute Gasteiger partial charge is 0.462 e. The lowest BCUT2D eigenvalue weighted by atomic mass is 9.95. The van der Waals surface area contributed by atoms with Crippen molar-refractivity contribution in [3.63, 3.8) is 0 Å². The van der Waals surface area contributed by atoms with E-state index in [-0.39, 0.29) is 5.97 Å². The molecule has 0 bridgehead atoms. The Kier molecular flexibility index (Phi) is 22.3. The van der Waals surface area contributed by atoms with Crippen molar-refractivity contribution in [2.24, 2.45) is 5.92 Å². The van der Waals surface area contributed by atoms with Gasteiger partial charge < -0.3 is 4.74 Å². The van der Waals surface area contributed by atoms with Gasteiger partial charge in [-0.2, -0.15) is 0 Å². The first kappa shape index (κ1) is 29.2. The van der Waals surface area contributed by atoms with E-state index in [1.165, 1.54) is 122 Å². The number of rotatable bonds is 23. The average molecular weight is 423 g/mol. The number of hydrogen-bond acceptors (Lipinski definition) is 2. The summed E-state index contributed by atoms with van der Waals surface area (Å²) < 4.78 is 5.11. The van der Waals surface area contributed by atoms with E-state index >= 15 is 0 Å². The molecule has 30 heavy (non-hydrogen) atoms. The minimum atomic E-state index is -0.252. The zero-order chi connectivity index (χ0) is 22.3. The molecule has 0 heterocycles. The van der Waals surface area contributed by atoms with Crippen molar-refractivity contribution in [1.82, 2.24) is 0 Å². The summed E-state index contributed by atoms with van der Waals surface area (Å²) in [6.07, 6.45) is 27.5. The topological polar surface area (TPSA) is 26.3 Å². The van der Waals surface area contributed by atoms with E-state index in [1.807, 2.05) is 0 Å². The number of esters is 1. The minimum absolute atomic E-state index is 0.252. The molecule has 0 saturated heterocycles. The van der Waals surface area contributed by atoms with Crippen LogP contribution in [0, 0.1) is 5.92 Å². The van der Waals surface area contributed by atoms with Gasteiger partial charge in [0.15, 0.2) is 0 Å². The van der Waals surface area contributed by atoms with Crippen LogP contribution in [0.2, 0.25) is 0 Å². The number of hydrogen-bond donors (Lipinski definition) is 0. The first-order valence-electron chi connectivity index (χ1n) is 13.4. The zero-order valence-electron chi connectivity index (χ0n) is 21.0. The maximum Gasteiger partial charge on any atom is 0.333 e. The van der Waals surface area contributed by atoms with Gasteiger partial charge in [0.05, 0.1) is 6.61 Å². The lowest BCUT2D eigenvalue weighted by molar-refractivity contribution is -0.139. The van der Waals surface area contributed by atoms with E-state index in [0.717, 1.165) is 12.3 Å².